The summed E-state index contributed by atoms with van der Waals surface area (Å²) in [6.07, 6.45) is 0. The lowest BCUT2D eigenvalue weighted by molar-refractivity contribution is -0.132. The number of Topliss-reactive ketones (excluding diaryl/α,β-unsaturated/α-hetero) is 1. The Hall–Kier alpha value is -3.91. The Bertz CT molecular complexity index is 1390. The highest BCUT2D eigenvalue weighted by Crippen LogP contribution is 2.43. The van der Waals surface area contributed by atoms with Crippen molar-refractivity contribution in [1.82, 2.24) is 0 Å². The van der Waals surface area contributed by atoms with Gasteiger partial charge in [-0.2, -0.15) is 0 Å². The fourth-order valence-electron chi connectivity index (χ4n) is 4.36. The standard InChI is InChI=1S/C28H24BrNO6/c1-15-11-16(2)13-20(12-15)30-25(18-5-8-21(9-6-18)36-17(3)31)24(27(33)28(30)34)26(32)19-7-10-23(35-4)22(29)14-19/h5-14,25,32H,1-4H3/b26-24-. The van der Waals surface area contributed by atoms with Crippen molar-refractivity contribution >= 4 is 45.0 Å². The molecule has 36 heavy (non-hydrogen) atoms. The molecule has 4 rings (SSSR count). The van der Waals surface area contributed by atoms with E-state index in [1.807, 2.05) is 32.0 Å². The van der Waals surface area contributed by atoms with Gasteiger partial charge in [-0.05, 0) is 88.9 Å². The topological polar surface area (TPSA) is 93.1 Å². The van der Waals surface area contributed by atoms with Crippen LogP contribution >= 0.6 is 15.9 Å². The van der Waals surface area contributed by atoms with E-state index in [0.29, 0.717) is 32.8 Å². The first-order valence-corrected chi connectivity index (χ1v) is 11.9. The molecular weight excluding hydrogens is 526 g/mol. The maximum Gasteiger partial charge on any atom is 0.308 e. The molecular formula is C28H24BrNO6. The van der Waals surface area contributed by atoms with Crippen LogP contribution in [0, 0.1) is 13.8 Å². The number of hydrogen-bond donors (Lipinski definition) is 1. The summed E-state index contributed by atoms with van der Waals surface area (Å²) >= 11 is 3.40. The van der Waals surface area contributed by atoms with Crippen LogP contribution in [0.1, 0.15) is 35.2 Å². The Balaban J connectivity index is 1.92. The second-order valence-electron chi connectivity index (χ2n) is 8.53. The number of esters is 1. The number of benzene rings is 3. The highest BCUT2D eigenvalue weighted by Gasteiger charge is 2.47. The summed E-state index contributed by atoms with van der Waals surface area (Å²) in [5.41, 5.74) is 3.26. The molecule has 1 atom stereocenters. The predicted octanol–water partition coefficient (Wildman–Crippen LogP) is 5.63. The molecule has 1 unspecified atom stereocenters. The van der Waals surface area contributed by atoms with Gasteiger partial charge in [0.1, 0.15) is 17.3 Å². The lowest BCUT2D eigenvalue weighted by Gasteiger charge is -2.26. The van der Waals surface area contributed by atoms with Crippen molar-refractivity contribution in [2.75, 3.05) is 12.0 Å². The number of ether oxygens (including phenoxy) is 2. The van der Waals surface area contributed by atoms with Gasteiger partial charge >= 0.3 is 5.97 Å². The smallest absolute Gasteiger partial charge is 0.308 e. The van der Waals surface area contributed by atoms with Crippen LogP contribution in [0.25, 0.3) is 5.76 Å². The lowest BCUT2D eigenvalue weighted by atomic mass is 9.95. The SMILES string of the molecule is COc1ccc(/C(O)=C2/C(=O)C(=O)N(c3cc(C)cc(C)c3)C2c2ccc(OC(C)=O)cc2)cc1Br. The summed E-state index contributed by atoms with van der Waals surface area (Å²) in [7, 11) is 1.52. The molecule has 1 N–H and O–H groups in total. The van der Waals surface area contributed by atoms with E-state index in [0.717, 1.165) is 11.1 Å². The van der Waals surface area contributed by atoms with Gasteiger partial charge in [0, 0.05) is 18.2 Å². The number of amides is 1. The molecule has 184 valence electrons. The molecule has 7 nitrogen and oxygen atoms in total. The number of aliphatic hydroxyl groups is 1. The fraction of sp³-hybridized carbons (Fsp3) is 0.179. The number of rotatable bonds is 5. The van der Waals surface area contributed by atoms with Gasteiger partial charge in [-0.3, -0.25) is 19.3 Å². The quantitative estimate of drug-likeness (QED) is 0.146. The van der Waals surface area contributed by atoms with Crippen LogP contribution in [0.2, 0.25) is 0 Å². The molecule has 0 radical (unpaired) electrons. The molecule has 1 aliphatic heterocycles. The molecule has 1 heterocycles. The number of halogens is 1. The number of aryl methyl sites for hydroxylation is 2. The first kappa shape index (κ1) is 25.2. The van der Waals surface area contributed by atoms with Crippen molar-refractivity contribution in [3.05, 3.63) is 93.0 Å². The lowest BCUT2D eigenvalue weighted by Crippen LogP contribution is -2.29. The van der Waals surface area contributed by atoms with Crippen molar-refractivity contribution in [2.24, 2.45) is 0 Å². The maximum absolute atomic E-state index is 13.4. The number of carbonyl (C=O) groups excluding carboxylic acids is 3. The summed E-state index contributed by atoms with van der Waals surface area (Å²) in [5.74, 6) is -1.43. The Morgan fingerprint density at radius 3 is 2.17 bits per heavy atom. The average Bonchev–Trinajstić information content (AvgIpc) is 3.08. The van der Waals surface area contributed by atoms with Crippen molar-refractivity contribution in [1.29, 1.82) is 0 Å². The number of anilines is 1. The number of carbonyl (C=O) groups is 3. The Labute approximate surface area is 217 Å². The highest BCUT2D eigenvalue weighted by atomic mass is 79.9. The molecule has 0 bridgehead atoms. The minimum absolute atomic E-state index is 0.0449. The molecule has 1 saturated heterocycles. The summed E-state index contributed by atoms with van der Waals surface area (Å²) in [5, 5.41) is 11.3. The second kappa shape index (κ2) is 9.99. The van der Waals surface area contributed by atoms with Gasteiger partial charge in [0.15, 0.2) is 0 Å². The van der Waals surface area contributed by atoms with Crippen LogP contribution in [-0.4, -0.2) is 29.9 Å². The zero-order chi connectivity index (χ0) is 26.1. The molecule has 1 aliphatic rings. The number of aliphatic hydroxyl groups excluding tert-OH is 1. The van der Waals surface area contributed by atoms with Crippen LogP contribution in [0.4, 0.5) is 5.69 Å². The second-order valence-corrected chi connectivity index (χ2v) is 9.38. The molecule has 3 aromatic carbocycles. The third-order valence-corrected chi connectivity index (χ3v) is 6.43. The van der Waals surface area contributed by atoms with E-state index in [1.54, 1.807) is 42.5 Å². The molecule has 8 heteroatoms. The summed E-state index contributed by atoms with van der Waals surface area (Å²) in [6, 6.07) is 16.1. The van der Waals surface area contributed by atoms with Gasteiger partial charge in [0.25, 0.3) is 11.7 Å². The zero-order valence-electron chi connectivity index (χ0n) is 20.2. The third kappa shape index (κ3) is 4.77. The molecule has 1 fully saturated rings. The van der Waals surface area contributed by atoms with Gasteiger partial charge < -0.3 is 14.6 Å². The van der Waals surface area contributed by atoms with Crippen LogP contribution in [0.3, 0.4) is 0 Å². The monoisotopic (exact) mass is 549 g/mol. The van der Waals surface area contributed by atoms with Gasteiger partial charge in [-0.1, -0.05) is 18.2 Å². The summed E-state index contributed by atoms with van der Waals surface area (Å²) in [4.78, 5) is 39.5. The van der Waals surface area contributed by atoms with Crippen molar-refractivity contribution in [3.8, 4) is 11.5 Å². The normalized spacial score (nSPS) is 16.8. The largest absolute Gasteiger partial charge is 0.507 e. The summed E-state index contributed by atoms with van der Waals surface area (Å²) in [6.45, 7) is 5.12. The van der Waals surface area contributed by atoms with Crippen molar-refractivity contribution in [2.45, 2.75) is 26.8 Å². The highest BCUT2D eigenvalue weighted by molar-refractivity contribution is 9.10. The minimum Gasteiger partial charge on any atom is -0.507 e. The number of methoxy groups -OCH3 is 1. The number of nitrogens with zero attached hydrogens (tertiary/aromatic N) is 1. The van der Waals surface area contributed by atoms with Gasteiger partial charge in [-0.15, -0.1) is 0 Å². The first-order chi connectivity index (χ1) is 17.1. The molecule has 3 aromatic rings. The van der Waals surface area contributed by atoms with Crippen LogP contribution in [-0.2, 0) is 14.4 Å². The van der Waals surface area contributed by atoms with Crippen LogP contribution in [0.5, 0.6) is 11.5 Å². The van der Waals surface area contributed by atoms with Gasteiger partial charge in [-0.25, -0.2) is 0 Å². The number of ketones is 1. The van der Waals surface area contributed by atoms with Gasteiger partial charge in [0.05, 0.1) is 23.2 Å². The molecule has 0 aromatic heterocycles. The van der Waals surface area contributed by atoms with E-state index in [9.17, 15) is 19.5 Å². The van der Waals surface area contributed by atoms with E-state index in [4.69, 9.17) is 9.47 Å². The molecule has 0 spiro atoms. The Morgan fingerprint density at radius 1 is 0.972 bits per heavy atom. The van der Waals surface area contributed by atoms with Crippen LogP contribution in [0.15, 0.2) is 70.7 Å². The van der Waals surface area contributed by atoms with E-state index in [-0.39, 0.29) is 11.3 Å². The van der Waals surface area contributed by atoms with E-state index >= 15 is 0 Å². The Kier molecular flexibility index (Phi) is 6.99. The maximum atomic E-state index is 13.4. The van der Waals surface area contributed by atoms with Gasteiger partial charge in [0.2, 0.25) is 0 Å². The van der Waals surface area contributed by atoms with Crippen molar-refractivity contribution < 1.29 is 29.0 Å². The van der Waals surface area contributed by atoms with Crippen LogP contribution < -0.4 is 14.4 Å². The minimum atomic E-state index is -0.904. The zero-order valence-corrected chi connectivity index (χ0v) is 21.8. The predicted molar refractivity (Wildman–Crippen MR) is 139 cm³/mol. The van der Waals surface area contributed by atoms with E-state index in [2.05, 4.69) is 15.9 Å². The van der Waals surface area contributed by atoms with E-state index < -0.39 is 23.7 Å². The molecule has 1 amide bonds. The van der Waals surface area contributed by atoms with Crippen molar-refractivity contribution in [3.63, 3.8) is 0 Å². The summed E-state index contributed by atoms with van der Waals surface area (Å²) < 4.78 is 11.0. The third-order valence-electron chi connectivity index (χ3n) is 5.81. The van der Waals surface area contributed by atoms with E-state index in [1.165, 1.54) is 18.9 Å². The molecule has 0 saturated carbocycles. The fourth-order valence-corrected chi connectivity index (χ4v) is 4.90. The number of hydrogen-bond acceptors (Lipinski definition) is 6. The Morgan fingerprint density at radius 2 is 1.61 bits per heavy atom. The first-order valence-electron chi connectivity index (χ1n) is 11.1. The average molecular weight is 550 g/mol. The molecule has 0 aliphatic carbocycles.